The maximum Gasteiger partial charge on any atom is 0.289 e. The summed E-state index contributed by atoms with van der Waals surface area (Å²) in [5, 5.41) is 0. The molecule has 1 unspecified atom stereocenters. The summed E-state index contributed by atoms with van der Waals surface area (Å²) in [7, 11) is 1.64. The van der Waals surface area contributed by atoms with E-state index in [0.717, 1.165) is 11.3 Å². The Labute approximate surface area is 166 Å². The molecule has 0 spiro atoms. The van der Waals surface area contributed by atoms with Crippen molar-refractivity contribution in [2.75, 3.05) is 26.7 Å². The van der Waals surface area contributed by atoms with Crippen molar-refractivity contribution >= 4 is 11.8 Å². The Morgan fingerprint density at radius 3 is 2.61 bits per heavy atom. The summed E-state index contributed by atoms with van der Waals surface area (Å²) in [5.41, 5.74) is 1.06. The molecule has 1 fully saturated rings. The van der Waals surface area contributed by atoms with Crippen LogP contribution in [0.5, 0.6) is 5.75 Å². The number of benzene rings is 1. The predicted octanol–water partition coefficient (Wildman–Crippen LogP) is 3.75. The quantitative estimate of drug-likeness (QED) is 0.761. The number of amides is 2. The Kier molecular flexibility index (Phi) is 6.39. The SMILES string of the molecule is CCN(C(=O)C1CCN(C(=O)c2ccco2)CC1)C(C)c1cccc(OC)c1. The van der Waals surface area contributed by atoms with Crippen molar-refractivity contribution in [3.05, 3.63) is 54.0 Å². The lowest BCUT2D eigenvalue weighted by atomic mass is 9.93. The van der Waals surface area contributed by atoms with Gasteiger partial charge in [-0.25, -0.2) is 0 Å². The molecule has 0 bridgehead atoms. The Bertz CT molecular complexity index is 795. The van der Waals surface area contributed by atoms with Crippen LogP contribution in [0.2, 0.25) is 0 Å². The van der Waals surface area contributed by atoms with Crippen molar-refractivity contribution in [3.8, 4) is 5.75 Å². The Morgan fingerprint density at radius 2 is 2.00 bits per heavy atom. The van der Waals surface area contributed by atoms with Gasteiger partial charge in [0.25, 0.3) is 5.91 Å². The highest BCUT2D eigenvalue weighted by Crippen LogP contribution is 2.28. The van der Waals surface area contributed by atoms with Crippen molar-refractivity contribution in [2.45, 2.75) is 32.7 Å². The number of hydrogen-bond acceptors (Lipinski definition) is 4. The normalized spacial score (nSPS) is 15.9. The average molecular weight is 384 g/mol. The van der Waals surface area contributed by atoms with Crippen molar-refractivity contribution in [2.24, 2.45) is 5.92 Å². The number of ether oxygens (including phenoxy) is 1. The number of hydrogen-bond donors (Lipinski definition) is 0. The molecule has 28 heavy (non-hydrogen) atoms. The van der Waals surface area contributed by atoms with E-state index in [4.69, 9.17) is 9.15 Å². The molecule has 1 saturated heterocycles. The van der Waals surface area contributed by atoms with Crippen LogP contribution in [0, 0.1) is 5.92 Å². The summed E-state index contributed by atoms with van der Waals surface area (Å²) >= 11 is 0. The highest BCUT2D eigenvalue weighted by molar-refractivity contribution is 5.91. The van der Waals surface area contributed by atoms with E-state index in [1.165, 1.54) is 6.26 Å². The first-order chi connectivity index (χ1) is 13.5. The van der Waals surface area contributed by atoms with Gasteiger partial charge in [-0.15, -0.1) is 0 Å². The molecule has 6 heteroatoms. The van der Waals surface area contributed by atoms with Crippen LogP contribution < -0.4 is 4.74 Å². The Balaban J connectivity index is 1.63. The number of nitrogens with zero attached hydrogens (tertiary/aromatic N) is 2. The third-order valence-electron chi connectivity index (χ3n) is 5.53. The van der Waals surface area contributed by atoms with E-state index >= 15 is 0 Å². The second-order valence-electron chi connectivity index (χ2n) is 7.12. The maximum absolute atomic E-state index is 13.2. The molecule has 0 N–H and O–H groups in total. The number of carbonyl (C=O) groups excluding carboxylic acids is 2. The van der Waals surface area contributed by atoms with Gasteiger partial charge >= 0.3 is 0 Å². The van der Waals surface area contributed by atoms with Gasteiger partial charge in [0, 0.05) is 25.6 Å². The van der Waals surface area contributed by atoms with Crippen LogP contribution in [0.3, 0.4) is 0 Å². The van der Waals surface area contributed by atoms with E-state index in [9.17, 15) is 9.59 Å². The number of rotatable bonds is 6. The van der Waals surface area contributed by atoms with Crippen LogP contribution in [0.25, 0.3) is 0 Å². The summed E-state index contributed by atoms with van der Waals surface area (Å²) in [5.74, 6) is 1.13. The molecule has 6 nitrogen and oxygen atoms in total. The van der Waals surface area contributed by atoms with Crippen molar-refractivity contribution in [3.63, 3.8) is 0 Å². The largest absolute Gasteiger partial charge is 0.497 e. The smallest absolute Gasteiger partial charge is 0.289 e. The van der Waals surface area contributed by atoms with E-state index in [2.05, 4.69) is 0 Å². The maximum atomic E-state index is 13.2. The van der Waals surface area contributed by atoms with Gasteiger partial charge < -0.3 is 19.0 Å². The average Bonchev–Trinajstić information content (AvgIpc) is 3.28. The van der Waals surface area contributed by atoms with Gasteiger partial charge in [-0.1, -0.05) is 12.1 Å². The standard InChI is InChI=1S/C22H28N2O4/c1-4-24(16(2)18-7-5-8-19(15-18)27-3)21(25)17-10-12-23(13-11-17)22(26)20-9-6-14-28-20/h5-9,14-17H,4,10-13H2,1-3H3. The molecule has 3 rings (SSSR count). The molecule has 0 radical (unpaired) electrons. The highest BCUT2D eigenvalue weighted by atomic mass is 16.5. The highest BCUT2D eigenvalue weighted by Gasteiger charge is 2.32. The lowest BCUT2D eigenvalue weighted by Crippen LogP contribution is -2.45. The molecule has 150 valence electrons. The van der Waals surface area contributed by atoms with E-state index in [0.29, 0.717) is 38.2 Å². The summed E-state index contributed by atoms with van der Waals surface area (Å²) in [6, 6.07) is 11.2. The van der Waals surface area contributed by atoms with Gasteiger partial charge in [-0.3, -0.25) is 9.59 Å². The van der Waals surface area contributed by atoms with Crippen LogP contribution in [0.4, 0.5) is 0 Å². The minimum absolute atomic E-state index is 0.0321. The molecule has 0 saturated carbocycles. The molecule has 1 aliphatic rings. The first kappa shape index (κ1) is 20.0. The molecular formula is C22H28N2O4. The molecule has 2 amide bonds. The van der Waals surface area contributed by atoms with Crippen molar-refractivity contribution < 1.29 is 18.7 Å². The summed E-state index contributed by atoms with van der Waals surface area (Å²) < 4.78 is 10.5. The fourth-order valence-corrected chi connectivity index (χ4v) is 3.82. The molecule has 1 atom stereocenters. The van der Waals surface area contributed by atoms with E-state index in [-0.39, 0.29) is 23.8 Å². The lowest BCUT2D eigenvalue weighted by molar-refractivity contribution is -0.139. The van der Waals surface area contributed by atoms with Gasteiger partial charge in [-0.2, -0.15) is 0 Å². The van der Waals surface area contributed by atoms with Crippen LogP contribution in [-0.4, -0.2) is 48.4 Å². The topological polar surface area (TPSA) is 63.0 Å². The third-order valence-corrected chi connectivity index (χ3v) is 5.53. The number of likely N-dealkylation sites (tertiary alicyclic amines) is 1. The summed E-state index contributed by atoms with van der Waals surface area (Å²) in [6.07, 6.45) is 2.85. The van der Waals surface area contributed by atoms with Crippen LogP contribution >= 0.6 is 0 Å². The molecular weight excluding hydrogens is 356 g/mol. The molecule has 0 aliphatic carbocycles. The predicted molar refractivity (Wildman–Crippen MR) is 106 cm³/mol. The van der Waals surface area contributed by atoms with E-state index < -0.39 is 0 Å². The molecule has 1 aliphatic heterocycles. The van der Waals surface area contributed by atoms with Crippen molar-refractivity contribution in [1.29, 1.82) is 0 Å². The summed E-state index contributed by atoms with van der Waals surface area (Å²) in [6.45, 7) is 5.83. The second-order valence-corrected chi connectivity index (χ2v) is 7.12. The fourth-order valence-electron chi connectivity index (χ4n) is 3.82. The second kappa shape index (κ2) is 8.95. The van der Waals surface area contributed by atoms with Gasteiger partial charge in [0.15, 0.2) is 5.76 Å². The van der Waals surface area contributed by atoms with Gasteiger partial charge in [0.05, 0.1) is 19.4 Å². The van der Waals surface area contributed by atoms with Gasteiger partial charge in [0.1, 0.15) is 5.75 Å². The zero-order chi connectivity index (χ0) is 20.1. The zero-order valence-corrected chi connectivity index (χ0v) is 16.8. The number of methoxy groups -OCH3 is 1. The van der Waals surface area contributed by atoms with Gasteiger partial charge in [-0.05, 0) is 56.5 Å². The summed E-state index contributed by atoms with van der Waals surface area (Å²) in [4.78, 5) is 29.3. The molecule has 1 aromatic carbocycles. The monoisotopic (exact) mass is 384 g/mol. The van der Waals surface area contributed by atoms with Crippen molar-refractivity contribution in [1.82, 2.24) is 9.80 Å². The zero-order valence-electron chi connectivity index (χ0n) is 16.8. The lowest BCUT2D eigenvalue weighted by Gasteiger charge is -2.36. The fraction of sp³-hybridized carbons (Fsp3) is 0.455. The van der Waals surface area contributed by atoms with Crippen LogP contribution in [-0.2, 0) is 4.79 Å². The number of carbonyl (C=O) groups is 2. The minimum Gasteiger partial charge on any atom is -0.497 e. The Morgan fingerprint density at radius 1 is 1.25 bits per heavy atom. The van der Waals surface area contributed by atoms with Gasteiger partial charge in [0.2, 0.25) is 5.91 Å². The first-order valence-corrected chi connectivity index (χ1v) is 9.82. The Hall–Kier alpha value is -2.76. The number of furan rings is 1. The minimum atomic E-state index is -0.104. The van der Waals surface area contributed by atoms with E-state index in [1.54, 1.807) is 24.1 Å². The molecule has 2 aromatic rings. The van der Waals surface area contributed by atoms with E-state index in [1.807, 2.05) is 43.0 Å². The molecule has 1 aromatic heterocycles. The first-order valence-electron chi connectivity index (χ1n) is 9.82. The molecule has 2 heterocycles. The van der Waals surface area contributed by atoms with Crippen LogP contribution in [0.15, 0.2) is 47.1 Å². The van der Waals surface area contributed by atoms with Crippen LogP contribution in [0.1, 0.15) is 48.8 Å². The number of piperidine rings is 1. The third kappa shape index (κ3) is 4.21.